The van der Waals surface area contributed by atoms with Crippen molar-refractivity contribution in [3.05, 3.63) is 0 Å². The van der Waals surface area contributed by atoms with Crippen molar-refractivity contribution in [1.29, 1.82) is 5.26 Å². The number of alkyl carbamates (subject to hydrolysis) is 1. The first-order valence-electron chi connectivity index (χ1n) is 5.04. The molecule has 86 valence electrons. The lowest BCUT2D eigenvalue weighted by Gasteiger charge is -2.27. The molecule has 0 radical (unpaired) electrons. The van der Waals surface area contributed by atoms with Crippen LogP contribution in [0.3, 0.4) is 0 Å². The predicted molar refractivity (Wildman–Crippen MR) is 58.3 cm³/mol. The van der Waals surface area contributed by atoms with Crippen LogP contribution in [0.2, 0.25) is 0 Å². The second-order valence-electron chi connectivity index (χ2n) is 5.17. The average Bonchev–Trinajstić information content (AvgIpc) is 1.95. The summed E-state index contributed by atoms with van der Waals surface area (Å²) in [6.07, 6.45) is 0.594. The highest BCUT2D eigenvalue weighted by molar-refractivity contribution is 5.68. The van der Waals surface area contributed by atoms with Gasteiger partial charge in [-0.05, 0) is 41.0 Å². The van der Waals surface area contributed by atoms with E-state index in [-0.39, 0.29) is 0 Å². The Morgan fingerprint density at radius 2 is 1.87 bits per heavy atom. The standard InChI is InChI=1S/C11H20N2O2/c1-10(2,3)15-9(14)13-11(4,5)7-6-8-12/h6-7H2,1-5H3,(H,13,14). The molecular formula is C11H20N2O2. The van der Waals surface area contributed by atoms with Crippen molar-refractivity contribution in [3.8, 4) is 6.07 Å². The summed E-state index contributed by atoms with van der Waals surface area (Å²) in [6.45, 7) is 9.18. The van der Waals surface area contributed by atoms with Crippen LogP contribution in [-0.2, 0) is 4.74 Å². The maximum Gasteiger partial charge on any atom is 0.408 e. The molecular weight excluding hydrogens is 192 g/mol. The first kappa shape index (κ1) is 13.8. The van der Waals surface area contributed by atoms with E-state index in [1.807, 2.05) is 34.6 Å². The first-order valence-corrected chi connectivity index (χ1v) is 5.04. The quantitative estimate of drug-likeness (QED) is 0.782. The zero-order chi connectivity index (χ0) is 12.1. The number of nitrogens with zero attached hydrogens (tertiary/aromatic N) is 1. The maximum absolute atomic E-state index is 11.4. The average molecular weight is 212 g/mol. The van der Waals surface area contributed by atoms with Crippen LogP contribution in [-0.4, -0.2) is 17.2 Å². The molecule has 0 unspecified atom stereocenters. The molecule has 0 aliphatic carbocycles. The number of hydrogen-bond donors (Lipinski definition) is 1. The van der Waals surface area contributed by atoms with Crippen LogP contribution in [0.1, 0.15) is 47.5 Å². The van der Waals surface area contributed by atoms with Crippen molar-refractivity contribution in [1.82, 2.24) is 5.32 Å². The summed E-state index contributed by atoms with van der Waals surface area (Å²) in [7, 11) is 0. The molecule has 0 spiro atoms. The minimum absolute atomic E-state index is 0.405. The zero-order valence-corrected chi connectivity index (χ0v) is 10.2. The number of carbonyl (C=O) groups excluding carboxylic acids is 1. The molecule has 1 N–H and O–H groups in total. The summed E-state index contributed by atoms with van der Waals surface area (Å²) in [6, 6.07) is 2.05. The van der Waals surface area contributed by atoms with Gasteiger partial charge >= 0.3 is 6.09 Å². The minimum Gasteiger partial charge on any atom is -0.444 e. The van der Waals surface area contributed by atoms with Gasteiger partial charge in [0.05, 0.1) is 6.07 Å². The lowest BCUT2D eigenvalue weighted by molar-refractivity contribution is 0.0468. The highest BCUT2D eigenvalue weighted by atomic mass is 16.6. The third kappa shape index (κ3) is 7.80. The van der Waals surface area contributed by atoms with E-state index < -0.39 is 17.2 Å². The van der Waals surface area contributed by atoms with Gasteiger partial charge < -0.3 is 10.1 Å². The summed E-state index contributed by atoms with van der Waals surface area (Å²) in [4.78, 5) is 11.4. The lowest BCUT2D eigenvalue weighted by Crippen LogP contribution is -2.45. The number of rotatable bonds is 3. The monoisotopic (exact) mass is 212 g/mol. The van der Waals surface area contributed by atoms with Gasteiger partial charge in [0, 0.05) is 12.0 Å². The van der Waals surface area contributed by atoms with Gasteiger partial charge in [0.25, 0.3) is 0 Å². The van der Waals surface area contributed by atoms with Crippen molar-refractivity contribution in [2.24, 2.45) is 0 Å². The molecule has 0 aromatic carbocycles. The molecule has 0 aliphatic heterocycles. The van der Waals surface area contributed by atoms with E-state index in [1.165, 1.54) is 0 Å². The fourth-order valence-electron chi connectivity index (χ4n) is 1.01. The Balaban J connectivity index is 4.11. The molecule has 0 aromatic heterocycles. The molecule has 0 saturated carbocycles. The molecule has 0 saturated heterocycles. The number of hydrogen-bond acceptors (Lipinski definition) is 3. The minimum atomic E-state index is -0.491. The fourth-order valence-corrected chi connectivity index (χ4v) is 1.01. The van der Waals surface area contributed by atoms with E-state index >= 15 is 0 Å². The Labute approximate surface area is 91.6 Å². The Hall–Kier alpha value is -1.24. The third-order valence-electron chi connectivity index (χ3n) is 1.70. The van der Waals surface area contributed by atoms with Gasteiger partial charge in [-0.25, -0.2) is 4.79 Å². The van der Waals surface area contributed by atoms with Gasteiger partial charge in [-0.1, -0.05) is 0 Å². The van der Waals surface area contributed by atoms with E-state index in [1.54, 1.807) is 0 Å². The van der Waals surface area contributed by atoms with Crippen LogP contribution in [0, 0.1) is 11.3 Å². The van der Waals surface area contributed by atoms with Crippen molar-refractivity contribution in [3.63, 3.8) is 0 Å². The van der Waals surface area contributed by atoms with Crippen LogP contribution in [0.5, 0.6) is 0 Å². The zero-order valence-electron chi connectivity index (χ0n) is 10.2. The first-order chi connectivity index (χ1) is 6.66. The SMILES string of the molecule is CC(C)(CCC#N)NC(=O)OC(C)(C)C. The largest absolute Gasteiger partial charge is 0.444 e. The van der Waals surface area contributed by atoms with E-state index in [2.05, 4.69) is 11.4 Å². The Morgan fingerprint density at radius 1 is 1.33 bits per heavy atom. The number of ether oxygens (including phenoxy) is 1. The van der Waals surface area contributed by atoms with Crippen LogP contribution in [0.25, 0.3) is 0 Å². The highest BCUT2D eigenvalue weighted by Crippen LogP contribution is 2.13. The van der Waals surface area contributed by atoms with Crippen LogP contribution in [0.4, 0.5) is 4.79 Å². The Bertz CT molecular complexity index is 259. The number of nitriles is 1. The second-order valence-corrected chi connectivity index (χ2v) is 5.17. The topological polar surface area (TPSA) is 62.1 Å². The summed E-state index contributed by atoms with van der Waals surface area (Å²) in [5, 5.41) is 11.2. The smallest absolute Gasteiger partial charge is 0.408 e. The molecule has 4 nitrogen and oxygen atoms in total. The molecule has 1 amide bonds. The van der Waals surface area contributed by atoms with Gasteiger partial charge in [-0.15, -0.1) is 0 Å². The second kappa shape index (κ2) is 5.01. The molecule has 0 aliphatic rings. The van der Waals surface area contributed by atoms with Crippen molar-refractivity contribution in [2.45, 2.75) is 58.6 Å². The molecule has 0 aromatic rings. The van der Waals surface area contributed by atoms with Crippen LogP contribution in [0.15, 0.2) is 0 Å². The van der Waals surface area contributed by atoms with Gasteiger partial charge in [0.2, 0.25) is 0 Å². The predicted octanol–water partition coefficient (Wildman–Crippen LogP) is 2.59. The normalized spacial score (nSPS) is 11.7. The van der Waals surface area contributed by atoms with Gasteiger partial charge in [0.15, 0.2) is 0 Å². The number of carbonyl (C=O) groups is 1. The maximum atomic E-state index is 11.4. The molecule has 0 bridgehead atoms. The van der Waals surface area contributed by atoms with E-state index in [9.17, 15) is 4.79 Å². The fraction of sp³-hybridized carbons (Fsp3) is 0.818. The Kier molecular flexibility index (Phi) is 4.60. The summed E-state index contributed by atoms with van der Waals surface area (Å²) in [5.74, 6) is 0. The number of nitrogens with one attached hydrogen (secondary N) is 1. The summed E-state index contributed by atoms with van der Waals surface area (Å²) >= 11 is 0. The molecule has 0 rings (SSSR count). The third-order valence-corrected chi connectivity index (χ3v) is 1.70. The van der Waals surface area contributed by atoms with Crippen LogP contribution >= 0.6 is 0 Å². The molecule has 15 heavy (non-hydrogen) atoms. The summed E-state index contributed by atoms with van der Waals surface area (Å²) in [5.41, 5.74) is -0.895. The molecule has 4 heteroatoms. The van der Waals surface area contributed by atoms with E-state index in [0.717, 1.165) is 0 Å². The van der Waals surface area contributed by atoms with Gasteiger partial charge in [-0.3, -0.25) is 0 Å². The Morgan fingerprint density at radius 3 is 2.27 bits per heavy atom. The molecule has 0 fully saturated rings. The van der Waals surface area contributed by atoms with Crippen LogP contribution < -0.4 is 5.32 Å². The van der Waals surface area contributed by atoms with Crippen molar-refractivity contribution >= 4 is 6.09 Å². The molecule has 0 atom stereocenters. The van der Waals surface area contributed by atoms with Gasteiger partial charge in [0.1, 0.15) is 5.60 Å². The molecule has 0 heterocycles. The van der Waals surface area contributed by atoms with E-state index in [0.29, 0.717) is 12.8 Å². The van der Waals surface area contributed by atoms with E-state index in [4.69, 9.17) is 10.00 Å². The lowest BCUT2D eigenvalue weighted by atomic mass is 9.99. The van der Waals surface area contributed by atoms with Gasteiger partial charge in [-0.2, -0.15) is 5.26 Å². The van der Waals surface area contributed by atoms with Crippen molar-refractivity contribution < 1.29 is 9.53 Å². The number of amides is 1. The summed E-state index contributed by atoms with van der Waals surface area (Å²) < 4.78 is 5.12. The van der Waals surface area contributed by atoms with Crippen molar-refractivity contribution in [2.75, 3.05) is 0 Å². The highest BCUT2D eigenvalue weighted by Gasteiger charge is 2.23.